The van der Waals surface area contributed by atoms with E-state index in [9.17, 15) is 9.59 Å². The number of ether oxygens (including phenoxy) is 1. The lowest BCUT2D eigenvalue weighted by Gasteiger charge is -2.26. The second-order valence-corrected chi connectivity index (χ2v) is 7.34. The Morgan fingerprint density at radius 3 is 2.58 bits per heavy atom. The van der Waals surface area contributed by atoms with Crippen molar-refractivity contribution in [3.05, 3.63) is 29.8 Å². The number of carbonyl (C=O) groups is 2. The van der Waals surface area contributed by atoms with E-state index < -0.39 is 12.1 Å². The van der Waals surface area contributed by atoms with Gasteiger partial charge < -0.3 is 15.4 Å². The van der Waals surface area contributed by atoms with Crippen LogP contribution in [0, 0.1) is 5.92 Å². The maximum atomic E-state index is 12.6. The number of likely N-dealkylation sites (tertiary alicyclic amines) is 1. The van der Waals surface area contributed by atoms with E-state index in [0.717, 1.165) is 25.3 Å². The van der Waals surface area contributed by atoms with Crippen molar-refractivity contribution < 1.29 is 14.3 Å². The normalized spacial score (nSPS) is 16.2. The molecule has 26 heavy (non-hydrogen) atoms. The molecule has 0 bridgehead atoms. The molecule has 0 aromatic heterocycles. The third-order valence-electron chi connectivity index (χ3n) is 4.55. The van der Waals surface area contributed by atoms with E-state index in [1.54, 1.807) is 0 Å². The van der Waals surface area contributed by atoms with E-state index >= 15 is 0 Å². The summed E-state index contributed by atoms with van der Waals surface area (Å²) >= 11 is 0. The van der Waals surface area contributed by atoms with Gasteiger partial charge >= 0.3 is 6.09 Å². The summed E-state index contributed by atoms with van der Waals surface area (Å²) in [4.78, 5) is 26.6. The van der Waals surface area contributed by atoms with Gasteiger partial charge in [-0.25, -0.2) is 4.79 Å². The lowest BCUT2D eigenvalue weighted by molar-refractivity contribution is -0.118. The molecular weight excluding hydrogens is 330 g/mol. The van der Waals surface area contributed by atoms with E-state index in [2.05, 4.69) is 26.3 Å². The molecule has 6 heteroatoms. The first kappa shape index (κ1) is 20.2. The van der Waals surface area contributed by atoms with Crippen LogP contribution in [0.25, 0.3) is 0 Å². The first-order chi connectivity index (χ1) is 12.5. The fourth-order valence-electron chi connectivity index (χ4n) is 3.26. The summed E-state index contributed by atoms with van der Waals surface area (Å²) in [6, 6.07) is 7.32. The van der Waals surface area contributed by atoms with Crippen LogP contribution in [-0.4, -0.2) is 43.1 Å². The van der Waals surface area contributed by atoms with Crippen molar-refractivity contribution in [3.8, 4) is 0 Å². The predicted octanol–water partition coefficient (Wildman–Crippen LogP) is 3.38. The average Bonchev–Trinajstić information content (AvgIpc) is 2.61. The second-order valence-electron chi connectivity index (χ2n) is 7.34. The van der Waals surface area contributed by atoms with Crippen LogP contribution in [0.1, 0.15) is 45.1 Å². The number of anilines is 1. The Bertz CT molecular complexity index is 598. The summed E-state index contributed by atoms with van der Waals surface area (Å²) in [5.74, 6) is 0.0487. The minimum absolute atomic E-state index is 0.223. The second kappa shape index (κ2) is 10.2. The lowest BCUT2D eigenvalue weighted by Crippen LogP contribution is -2.44. The minimum Gasteiger partial charge on any atom is -0.453 e. The van der Waals surface area contributed by atoms with Crippen molar-refractivity contribution in [2.45, 2.75) is 52.1 Å². The number of carbonyl (C=O) groups excluding carboxylic acids is 2. The average molecular weight is 361 g/mol. The predicted molar refractivity (Wildman–Crippen MR) is 103 cm³/mol. The third kappa shape index (κ3) is 6.67. The van der Waals surface area contributed by atoms with Gasteiger partial charge in [-0.3, -0.25) is 9.69 Å². The monoisotopic (exact) mass is 361 g/mol. The van der Waals surface area contributed by atoms with E-state index in [4.69, 9.17) is 0 Å². The summed E-state index contributed by atoms with van der Waals surface area (Å²) in [6.07, 6.45) is 3.79. The molecule has 2 N–H and O–H groups in total. The topological polar surface area (TPSA) is 70.7 Å². The summed E-state index contributed by atoms with van der Waals surface area (Å²) in [7, 11) is 1.30. The highest BCUT2D eigenvalue weighted by atomic mass is 16.5. The van der Waals surface area contributed by atoms with Crippen molar-refractivity contribution in [1.29, 1.82) is 0 Å². The summed E-state index contributed by atoms with van der Waals surface area (Å²) in [5.41, 5.74) is 1.94. The molecule has 6 nitrogen and oxygen atoms in total. The van der Waals surface area contributed by atoms with Crippen molar-refractivity contribution >= 4 is 17.7 Å². The molecule has 0 saturated carbocycles. The van der Waals surface area contributed by atoms with Gasteiger partial charge in [0, 0.05) is 12.2 Å². The number of amides is 2. The van der Waals surface area contributed by atoms with Crippen molar-refractivity contribution in [2.75, 3.05) is 25.5 Å². The molecule has 1 saturated heterocycles. The molecule has 0 radical (unpaired) electrons. The van der Waals surface area contributed by atoms with Gasteiger partial charge in [-0.1, -0.05) is 32.4 Å². The number of nitrogens with one attached hydrogen (secondary N) is 2. The summed E-state index contributed by atoms with van der Waals surface area (Å²) < 4.78 is 4.63. The Labute approximate surface area is 156 Å². The first-order valence-corrected chi connectivity index (χ1v) is 9.44. The summed E-state index contributed by atoms with van der Waals surface area (Å²) in [5, 5.41) is 5.54. The van der Waals surface area contributed by atoms with Crippen molar-refractivity contribution in [3.63, 3.8) is 0 Å². The van der Waals surface area contributed by atoms with E-state index in [0.29, 0.717) is 6.42 Å². The quantitative estimate of drug-likeness (QED) is 0.781. The highest BCUT2D eigenvalue weighted by molar-refractivity contribution is 5.96. The zero-order valence-electron chi connectivity index (χ0n) is 16.1. The Hall–Kier alpha value is -2.08. The van der Waals surface area contributed by atoms with Gasteiger partial charge in [-0.05, 0) is 56.0 Å². The molecule has 0 spiro atoms. The standard InChI is InChI=1S/C20H31N3O3/c1-15(2)12-18(22-20(25)26-3)19(24)21-17-9-7-8-16(13-17)14-23-10-5-4-6-11-23/h7-9,13,15,18H,4-6,10-12,14H2,1-3H3,(H,21,24)(H,22,25). The van der Waals surface area contributed by atoms with Crippen LogP contribution < -0.4 is 10.6 Å². The number of nitrogens with zero attached hydrogens (tertiary/aromatic N) is 1. The van der Waals surface area contributed by atoms with Gasteiger partial charge in [0.25, 0.3) is 0 Å². The molecule has 1 aromatic carbocycles. The van der Waals surface area contributed by atoms with Gasteiger partial charge in [-0.15, -0.1) is 0 Å². The number of piperidine rings is 1. The molecule has 1 atom stereocenters. The van der Waals surface area contributed by atoms with Crippen molar-refractivity contribution in [1.82, 2.24) is 10.2 Å². The van der Waals surface area contributed by atoms with Crippen LogP contribution in [0.4, 0.5) is 10.5 Å². The fourth-order valence-corrected chi connectivity index (χ4v) is 3.26. The molecule has 1 fully saturated rings. The highest BCUT2D eigenvalue weighted by Gasteiger charge is 2.22. The van der Waals surface area contributed by atoms with Crippen LogP contribution in [0.5, 0.6) is 0 Å². The lowest BCUT2D eigenvalue weighted by atomic mass is 10.0. The Morgan fingerprint density at radius 1 is 1.19 bits per heavy atom. The Kier molecular flexibility index (Phi) is 7.91. The largest absolute Gasteiger partial charge is 0.453 e. The Balaban J connectivity index is 1.99. The molecule has 0 aliphatic carbocycles. The number of alkyl carbamates (subject to hydrolysis) is 1. The third-order valence-corrected chi connectivity index (χ3v) is 4.55. The highest BCUT2D eigenvalue weighted by Crippen LogP contribution is 2.17. The van der Waals surface area contributed by atoms with Crippen LogP contribution in [0.3, 0.4) is 0 Å². The minimum atomic E-state index is -0.617. The molecule has 1 heterocycles. The van der Waals surface area contributed by atoms with Crippen molar-refractivity contribution in [2.24, 2.45) is 5.92 Å². The van der Waals surface area contributed by atoms with Gasteiger partial charge in [-0.2, -0.15) is 0 Å². The zero-order chi connectivity index (χ0) is 18.9. The number of hydrogen-bond donors (Lipinski definition) is 2. The molecule has 1 aliphatic heterocycles. The maximum absolute atomic E-state index is 12.6. The number of benzene rings is 1. The smallest absolute Gasteiger partial charge is 0.407 e. The van der Waals surface area contributed by atoms with Gasteiger partial charge in [0.2, 0.25) is 5.91 Å². The van der Waals surface area contributed by atoms with Gasteiger partial charge in [0.05, 0.1) is 7.11 Å². The van der Waals surface area contributed by atoms with E-state index in [-0.39, 0.29) is 11.8 Å². The fraction of sp³-hybridized carbons (Fsp3) is 0.600. The first-order valence-electron chi connectivity index (χ1n) is 9.44. The molecule has 1 aromatic rings. The molecule has 1 unspecified atom stereocenters. The molecule has 2 rings (SSSR count). The number of methoxy groups -OCH3 is 1. The zero-order valence-corrected chi connectivity index (χ0v) is 16.1. The van der Waals surface area contributed by atoms with Crippen LogP contribution >= 0.6 is 0 Å². The van der Waals surface area contributed by atoms with Crippen LogP contribution in [0.2, 0.25) is 0 Å². The SMILES string of the molecule is COC(=O)NC(CC(C)C)C(=O)Nc1cccc(CN2CCCCC2)c1. The van der Waals surface area contributed by atoms with Crippen LogP contribution in [-0.2, 0) is 16.1 Å². The molecule has 1 aliphatic rings. The van der Waals surface area contributed by atoms with Gasteiger partial charge in [0.1, 0.15) is 6.04 Å². The Morgan fingerprint density at radius 2 is 1.92 bits per heavy atom. The molecule has 144 valence electrons. The van der Waals surface area contributed by atoms with E-state index in [1.165, 1.54) is 31.9 Å². The van der Waals surface area contributed by atoms with Gasteiger partial charge in [0.15, 0.2) is 0 Å². The number of hydrogen-bond acceptors (Lipinski definition) is 4. The van der Waals surface area contributed by atoms with E-state index in [1.807, 2.05) is 32.0 Å². The number of rotatable bonds is 7. The molecular formula is C20H31N3O3. The summed E-state index contributed by atoms with van der Waals surface area (Å²) in [6.45, 7) is 7.20. The molecule has 2 amide bonds. The van der Waals surface area contributed by atoms with Crippen LogP contribution in [0.15, 0.2) is 24.3 Å². The maximum Gasteiger partial charge on any atom is 0.407 e.